The van der Waals surface area contributed by atoms with E-state index in [4.69, 9.17) is 5.11 Å². The molecule has 0 aliphatic heterocycles. The molecule has 1 aromatic carbocycles. The molecular formula is C9H8BrNO3. The highest BCUT2D eigenvalue weighted by Crippen LogP contribution is 2.19. The summed E-state index contributed by atoms with van der Waals surface area (Å²) in [6.45, 7) is 1.36. The third-order valence-corrected chi connectivity index (χ3v) is 1.92. The molecule has 0 radical (unpaired) electrons. The van der Waals surface area contributed by atoms with Gasteiger partial charge in [-0.25, -0.2) is 4.79 Å². The summed E-state index contributed by atoms with van der Waals surface area (Å²) in [6, 6.07) is 4.50. The predicted molar refractivity (Wildman–Crippen MR) is 55.4 cm³/mol. The van der Waals surface area contributed by atoms with E-state index in [1.807, 2.05) is 0 Å². The van der Waals surface area contributed by atoms with Gasteiger partial charge in [0, 0.05) is 17.1 Å². The molecule has 0 heterocycles. The van der Waals surface area contributed by atoms with Crippen LogP contribution in [0.1, 0.15) is 17.3 Å². The minimum absolute atomic E-state index is 0.128. The summed E-state index contributed by atoms with van der Waals surface area (Å²) >= 11 is 3.16. The molecule has 0 saturated carbocycles. The van der Waals surface area contributed by atoms with E-state index in [0.717, 1.165) is 0 Å². The molecule has 5 heteroatoms. The first kappa shape index (κ1) is 10.7. The number of nitrogens with one attached hydrogen (secondary N) is 1. The van der Waals surface area contributed by atoms with Gasteiger partial charge in [-0.1, -0.05) is 15.9 Å². The Hall–Kier alpha value is -1.36. The third kappa shape index (κ3) is 2.85. The van der Waals surface area contributed by atoms with Crippen LogP contribution in [0.4, 0.5) is 5.69 Å². The zero-order chi connectivity index (χ0) is 10.7. The molecule has 0 aliphatic carbocycles. The van der Waals surface area contributed by atoms with E-state index in [-0.39, 0.29) is 11.5 Å². The van der Waals surface area contributed by atoms with E-state index < -0.39 is 5.97 Å². The molecule has 1 aromatic rings. The van der Waals surface area contributed by atoms with Crippen molar-refractivity contribution in [2.24, 2.45) is 0 Å². The van der Waals surface area contributed by atoms with Gasteiger partial charge in [0.25, 0.3) is 0 Å². The first-order valence-electron chi connectivity index (χ1n) is 3.80. The second-order valence-electron chi connectivity index (χ2n) is 2.71. The highest BCUT2D eigenvalue weighted by Gasteiger charge is 2.06. The summed E-state index contributed by atoms with van der Waals surface area (Å²) in [6.07, 6.45) is 0. The van der Waals surface area contributed by atoms with Crippen LogP contribution >= 0.6 is 15.9 Å². The van der Waals surface area contributed by atoms with Gasteiger partial charge in [-0.3, -0.25) is 4.79 Å². The third-order valence-electron chi connectivity index (χ3n) is 1.47. The van der Waals surface area contributed by atoms with Crippen LogP contribution in [-0.4, -0.2) is 17.0 Å². The second-order valence-corrected chi connectivity index (χ2v) is 3.63. The minimum atomic E-state index is -1.03. The number of hydrogen-bond acceptors (Lipinski definition) is 2. The second kappa shape index (κ2) is 4.23. The molecule has 0 unspecified atom stereocenters. The number of carboxylic acids is 1. The molecule has 0 saturated heterocycles. The Bertz CT molecular complexity index is 390. The fraction of sp³-hybridized carbons (Fsp3) is 0.111. The first-order valence-corrected chi connectivity index (χ1v) is 4.60. The van der Waals surface area contributed by atoms with Gasteiger partial charge in [0.05, 0.1) is 5.56 Å². The monoisotopic (exact) mass is 257 g/mol. The molecule has 2 N–H and O–H groups in total. The number of halogens is 1. The normalized spacial score (nSPS) is 9.57. The summed E-state index contributed by atoms with van der Waals surface area (Å²) < 4.78 is 0.612. The highest BCUT2D eigenvalue weighted by atomic mass is 79.9. The van der Waals surface area contributed by atoms with Gasteiger partial charge in [-0.2, -0.15) is 0 Å². The van der Waals surface area contributed by atoms with Crippen LogP contribution in [-0.2, 0) is 4.79 Å². The van der Waals surface area contributed by atoms with Crippen molar-refractivity contribution in [1.82, 2.24) is 0 Å². The Kier molecular flexibility index (Phi) is 3.24. The topological polar surface area (TPSA) is 66.4 Å². The molecule has 0 aromatic heterocycles. The predicted octanol–water partition coefficient (Wildman–Crippen LogP) is 2.11. The summed E-state index contributed by atoms with van der Waals surface area (Å²) in [5.41, 5.74) is 0.590. The molecule has 14 heavy (non-hydrogen) atoms. The zero-order valence-corrected chi connectivity index (χ0v) is 8.96. The van der Waals surface area contributed by atoms with E-state index in [2.05, 4.69) is 21.2 Å². The lowest BCUT2D eigenvalue weighted by molar-refractivity contribution is -0.114. The SMILES string of the molecule is CC(=O)Nc1cc(Br)cc(C(=O)O)c1. The van der Waals surface area contributed by atoms with E-state index in [1.54, 1.807) is 6.07 Å². The lowest BCUT2D eigenvalue weighted by Crippen LogP contribution is -2.07. The molecule has 1 rings (SSSR count). The van der Waals surface area contributed by atoms with Crippen molar-refractivity contribution in [3.05, 3.63) is 28.2 Å². The van der Waals surface area contributed by atoms with Crippen LogP contribution in [0.3, 0.4) is 0 Å². The van der Waals surface area contributed by atoms with E-state index in [0.29, 0.717) is 10.2 Å². The largest absolute Gasteiger partial charge is 0.478 e. The van der Waals surface area contributed by atoms with Crippen LogP contribution in [0.25, 0.3) is 0 Å². The number of carboxylic acid groups (broad SMARTS) is 1. The van der Waals surface area contributed by atoms with Crippen molar-refractivity contribution in [2.45, 2.75) is 6.92 Å². The Morgan fingerprint density at radius 1 is 1.36 bits per heavy atom. The number of carbonyl (C=O) groups excluding carboxylic acids is 1. The standard InChI is InChI=1S/C9H8BrNO3/c1-5(12)11-8-3-6(9(13)14)2-7(10)4-8/h2-4H,1H3,(H,11,12)(H,13,14). The van der Waals surface area contributed by atoms with Crippen LogP contribution in [0.15, 0.2) is 22.7 Å². The van der Waals surface area contributed by atoms with Crippen molar-refractivity contribution >= 4 is 33.5 Å². The number of hydrogen-bond donors (Lipinski definition) is 2. The number of rotatable bonds is 2. The van der Waals surface area contributed by atoms with E-state index in [9.17, 15) is 9.59 Å². The van der Waals surface area contributed by atoms with Crippen LogP contribution in [0.5, 0.6) is 0 Å². The summed E-state index contributed by atoms with van der Waals surface area (Å²) in [4.78, 5) is 21.4. The molecule has 1 amide bonds. The van der Waals surface area contributed by atoms with Crippen molar-refractivity contribution < 1.29 is 14.7 Å². The smallest absolute Gasteiger partial charge is 0.335 e. The highest BCUT2D eigenvalue weighted by molar-refractivity contribution is 9.10. The fourth-order valence-electron chi connectivity index (χ4n) is 0.989. The summed E-state index contributed by atoms with van der Waals surface area (Å²) in [5.74, 6) is -1.27. The van der Waals surface area contributed by atoms with Crippen molar-refractivity contribution in [3.63, 3.8) is 0 Å². The Morgan fingerprint density at radius 3 is 2.50 bits per heavy atom. The van der Waals surface area contributed by atoms with Gasteiger partial charge in [0.1, 0.15) is 0 Å². The maximum Gasteiger partial charge on any atom is 0.335 e. The van der Waals surface area contributed by atoms with Crippen LogP contribution < -0.4 is 5.32 Å². The Labute approximate surface area is 89.1 Å². The summed E-state index contributed by atoms with van der Waals surface area (Å²) in [7, 11) is 0. The van der Waals surface area contributed by atoms with Crippen molar-refractivity contribution in [2.75, 3.05) is 5.32 Å². The maximum atomic E-state index is 10.7. The average Bonchev–Trinajstić information content (AvgIpc) is 2.01. The molecule has 0 aliphatic rings. The number of benzene rings is 1. The number of aromatic carboxylic acids is 1. The lowest BCUT2D eigenvalue weighted by atomic mass is 10.2. The molecular weight excluding hydrogens is 250 g/mol. The average molecular weight is 258 g/mol. The van der Waals surface area contributed by atoms with Gasteiger partial charge in [0.2, 0.25) is 5.91 Å². The zero-order valence-electron chi connectivity index (χ0n) is 7.37. The number of anilines is 1. The van der Waals surface area contributed by atoms with Gasteiger partial charge in [-0.15, -0.1) is 0 Å². The van der Waals surface area contributed by atoms with E-state index in [1.165, 1.54) is 19.1 Å². The lowest BCUT2D eigenvalue weighted by Gasteiger charge is -2.04. The first-order chi connectivity index (χ1) is 6.49. The quantitative estimate of drug-likeness (QED) is 0.853. The van der Waals surface area contributed by atoms with Gasteiger partial charge < -0.3 is 10.4 Å². The van der Waals surface area contributed by atoms with E-state index >= 15 is 0 Å². The fourth-order valence-corrected chi connectivity index (χ4v) is 1.48. The molecule has 0 spiro atoms. The molecule has 74 valence electrons. The molecule has 4 nitrogen and oxygen atoms in total. The van der Waals surface area contributed by atoms with Gasteiger partial charge >= 0.3 is 5.97 Å². The Balaban J connectivity index is 3.07. The minimum Gasteiger partial charge on any atom is -0.478 e. The van der Waals surface area contributed by atoms with Gasteiger partial charge in [-0.05, 0) is 18.2 Å². The van der Waals surface area contributed by atoms with Crippen molar-refractivity contribution in [3.8, 4) is 0 Å². The van der Waals surface area contributed by atoms with Crippen LogP contribution in [0, 0.1) is 0 Å². The Morgan fingerprint density at radius 2 is 2.00 bits per heavy atom. The van der Waals surface area contributed by atoms with Gasteiger partial charge in [0.15, 0.2) is 0 Å². The van der Waals surface area contributed by atoms with Crippen LogP contribution in [0.2, 0.25) is 0 Å². The molecule has 0 atom stereocenters. The molecule has 0 bridgehead atoms. The molecule has 0 fully saturated rings. The maximum absolute atomic E-state index is 10.7. The number of amides is 1. The van der Waals surface area contributed by atoms with Crippen molar-refractivity contribution in [1.29, 1.82) is 0 Å². The summed E-state index contributed by atoms with van der Waals surface area (Å²) in [5, 5.41) is 11.2. The number of carbonyl (C=O) groups is 2.